The average Bonchev–Trinajstić information content (AvgIpc) is 2.85. The third-order valence-corrected chi connectivity index (χ3v) is 6.11. The summed E-state index contributed by atoms with van der Waals surface area (Å²) < 4.78 is 10.9. The molecule has 2 aromatic carbocycles. The quantitative estimate of drug-likeness (QED) is 0.578. The van der Waals surface area contributed by atoms with E-state index in [1.165, 1.54) is 0 Å². The number of methoxy groups -OCH3 is 2. The number of hydrogen-bond donors (Lipinski definition) is 1. The summed E-state index contributed by atoms with van der Waals surface area (Å²) in [5.41, 5.74) is 3.09. The number of hydrogen-bond acceptors (Lipinski definition) is 6. The molecule has 1 aromatic heterocycles. The van der Waals surface area contributed by atoms with E-state index in [-0.39, 0.29) is 5.91 Å². The number of para-hydroxylation sites is 1. The molecule has 7 heteroatoms. The van der Waals surface area contributed by atoms with E-state index in [0.717, 1.165) is 61.1 Å². The summed E-state index contributed by atoms with van der Waals surface area (Å²) in [6.07, 6.45) is 3.60. The van der Waals surface area contributed by atoms with Gasteiger partial charge in [-0.25, -0.2) is 9.97 Å². The van der Waals surface area contributed by atoms with Crippen LogP contribution in [0, 0.1) is 6.92 Å². The molecule has 1 N–H and O–H groups in total. The highest BCUT2D eigenvalue weighted by Gasteiger charge is 2.24. The van der Waals surface area contributed by atoms with Gasteiger partial charge in [-0.05, 0) is 63.2 Å². The number of carbonyl (C=O) groups is 1. The molecular formula is C26H30N4O3. The lowest BCUT2D eigenvalue weighted by atomic mass is 9.95. The van der Waals surface area contributed by atoms with Crippen molar-refractivity contribution in [3.8, 4) is 11.5 Å². The van der Waals surface area contributed by atoms with Crippen LogP contribution in [0.3, 0.4) is 0 Å². The van der Waals surface area contributed by atoms with Crippen LogP contribution in [0.2, 0.25) is 0 Å². The van der Waals surface area contributed by atoms with Crippen LogP contribution in [0.25, 0.3) is 0 Å². The molecule has 1 saturated heterocycles. The predicted molar refractivity (Wildman–Crippen MR) is 128 cm³/mol. The van der Waals surface area contributed by atoms with Gasteiger partial charge in [0.2, 0.25) is 0 Å². The Labute approximate surface area is 194 Å². The van der Waals surface area contributed by atoms with Gasteiger partial charge in [-0.15, -0.1) is 0 Å². The van der Waals surface area contributed by atoms with Gasteiger partial charge in [-0.1, -0.05) is 18.2 Å². The summed E-state index contributed by atoms with van der Waals surface area (Å²) in [6.45, 7) is 4.58. The van der Waals surface area contributed by atoms with E-state index in [1.807, 2.05) is 55.5 Å². The van der Waals surface area contributed by atoms with Gasteiger partial charge in [0.25, 0.3) is 5.91 Å². The minimum absolute atomic E-state index is 0.188. The highest BCUT2D eigenvalue weighted by atomic mass is 16.5. The van der Waals surface area contributed by atoms with Crippen LogP contribution in [-0.4, -0.2) is 48.1 Å². The number of nitrogens with zero attached hydrogens (tertiary/aromatic N) is 3. The van der Waals surface area contributed by atoms with Gasteiger partial charge in [0.15, 0.2) is 0 Å². The fourth-order valence-electron chi connectivity index (χ4n) is 4.22. The fourth-order valence-corrected chi connectivity index (χ4v) is 4.22. The maximum Gasteiger partial charge on any atom is 0.259 e. The molecule has 1 fully saturated rings. The molecule has 172 valence electrons. The monoisotopic (exact) mass is 446 g/mol. The molecule has 0 aliphatic carbocycles. The summed E-state index contributed by atoms with van der Waals surface area (Å²) in [4.78, 5) is 24.3. The van der Waals surface area contributed by atoms with Crippen LogP contribution in [0.5, 0.6) is 11.5 Å². The van der Waals surface area contributed by atoms with Crippen LogP contribution in [-0.2, 0) is 6.54 Å². The number of aryl methyl sites for hydroxylation is 1. The number of carbonyl (C=O) groups excluding carboxylic acids is 1. The topological polar surface area (TPSA) is 76.6 Å². The summed E-state index contributed by atoms with van der Waals surface area (Å²) >= 11 is 0. The second-order valence-corrected chi connectivity index (χ2v) is 8.28. The highest BCUT2D eigenvalue weighted by Crippen LogP contribution is 2.30. The number of rotatable bonds is 7. The van der Waals surface area contributed by atoms with Gasteiger partial charge in [-0.3, -0.25) is 9.69 Å². The number of amides is 1. The number of aromatic nitrogens is 2. The lowest BCUT2D eigenvalue weighted by Crippen LogP contribution is -2.33. The van der Waals surface area contributed by atoms with Crippen LogP contribution in [0.4, 0.5) is 5.69 Å². The van der Waals surface area contributed by atoms with Crippen molar-refractivity contribution in [1.29, 1.82) is 0 Å². The Bertz CT molecular complexity index is 1100. The van der Waals surface area contributed by atoms with Gasteiger partial charge in [0, 0.05) is 29.9 Å². The van der Waals surface area contributed by atoms with E-state index in [4.69, 9.17) is 14.5 Å². The Hall–Kier alpha value is -3.45. The molecule has 0 radical (unpaired) electrons. The van der Waals surface area contributed by atoms with E-state index in [2.05, 4.69) is 15.2 Å². The first-order valence-electron chi connectivity index (χ1n) is 11.2. The van der Waals surface area contributed by atoms with Crippen molar-refractivity contribution < 1.29 is 14.3 Å². The standard InChI is InChI=1S/C26H30N4O3/c1-18-23(26(31)29-21-7-5-4-6-8-21)16-27-25(28-18)19-11-13-30(14-12-19)17-20-15-22(32-2)9-10-24(20)33-3/h4-10,15-16,19H,11-14,17H2,1-3H3,(H,29,31). The SMILES string of the molecule is COc1ccc(OC)c(CN2CCC(c3ncc(C(=O)Nc4ccccc4)c(C)n3)CC2)c1. The number of ether oxygens (including phenoxy) is 2. The molecule has 1 aliphatic heterocycles. The summed E-state index contributed by atoms with van der Waals surface area (Å²) in [7, 11) is 3.37. The smallest absolute Gasteiger partial charge is 0.259 e. The second-order valence-electron chi connectivity index (χ2n) is 8.28. The fraction of sp³-hybridized carbons (Fsp3) is 0.346. The molecule has 0 unspecified atom stereocenters. The lowest BCUT2D eigenvalue weighted by Gasteiger charge is -2.31. The van der Waals surface area contributed by atoms with Crippen LogP contribution in [0.15, 0.2) is 54.7 Å². The van der Waals surface area contributed by atoms with E-state index < -0.39 is 0 Å². The van der Waals surface area contributed by atoms with Crippen molar-refractivity contribution in [2.24, 2.45) is 0 Å². The molecule has 1 aliphatic rings. The number of piperidine rings is 1. The van der Waals surface area contributed by atoms with Crippen molar-refractivity contribution in [3.63, 3.8) is 0 Å². The minimum Gasteiger partial charge on any atom is -0.497 e. The summed E-state index contributed by atoms with van der Waals surface area (Å²) in [5, 5.41) is 2.90. The zero-order valence-electron chi connectivity index (χ0n) is 19.4. The molecule has 0 atom stereocenters. The largest absolute Gasteiger partial charge is 0.497 e. The van der Waals surface area contributed by atoms with Crippen molar-refractivity contribution in [2.45, 2.75) is 32.2 Å². The number of likely N-dealkylation sites (tertiary alicyclic amines) is 1. The Morgan fingerprint density at radius 3 is 2.52 bits per heavy atom. The maximum absolute atomic E-state index is 12.6. The minimum atomic E-state index is -0.188. The van der Waals surface area contributed by atoms with Crippen LogP contribution >= 0.6 is 0 Å². The molecule has 3 aromatic rings. The summed E-state index contributed by atoms with van der Waals surface area (Å²) in [6, 6.07) is 15.3. The van der Waals surface area contributed by atoms with Crippen LogP contribution < -0.4 is 14.8 Å². The van der Waals surface area contributed by atoms with E-state index in [1.54, 1.807) is 20.4 Å². The zero-order valence-corrected chi connectivity index (χ0v) is 19.4. The lowest BCUT2D eigenvalue weighted by molar-refractivity contribution is 0.102. The normalized spacial score (nSPS) is 14.6. The first-order valence-corrected chi connectivity index (χ1v) is 11.2. The molecule has 0 bridgehead atoms. The van der Waals surface area contributed by atoms with Crippen molar-refractivity contribution in [3.05, 3.63) is 77.4 Å². The predicted octanol–water partition coefficient (Wildman–Crippen LogP) is 4.43. The third-order valence-electron chi connectivity index (χ3n) is 6.11. The Morgan fingerprint density at radius 1 is 1.09 bits per heavy atom. The van der Waals surface area contributed by atoms with Gasteiger partial charge < -0.3 is 14.8 Å². The molecule has 1 amide bonds. The van der Waals surface area contributed by atoms with E-state index in [9.17, 15) is 4.79 Å². The van der Waals surface area contributed by atoms with E-state index in [0.29, 0.717) is 17.2 Å². The van der Waals surface area contributed by atoms with Gasteiger partial charge in [0.05, 0.1) is 25.5 Å². The first-order chi connectivity index (χ1) is 16.1. The zero-order chi connectivity index (χ0) is 23.2. The molecule has 2 heterocycles. The van der Waals surface area contributed by atoms with Crippen molar-refractivity contribution >= 4 is 11.6 Å². The molecule has 33 heavy (non-hydrogen) atoms. The van der Waals surface area contributed by atoms with Gasteiger partial charge in [-0.2, -0.15) is 0 Å². The highest BCUT2D eigenvalue weighted by molar-refractivity contribution is 6.04. The van der Waals surface area contributed by atoms with Crippen LogP contribution in [0.1, 0.15) is 46.2 Å². The van der Waals surface area contributed by atoms with Crippen molar-refractivity contribution in [2.75, 3.05) is 32.6 Å². The first kappa shape index (κ1) is 22.7. The summed E-state index contributed by atoms with van der Waals surface area (Å²) in [5.74, 6) is 2.63. The second kappa shape index (κ2) is 10.4. The number of anilines is 1. The average molecular weight is 447 g/mol. The van der Waals surface area contributed by atoms with Gasteiger partial charge >= 0.3 is 0 Å². The number of benzene rings is 2. The Balaban J connectivity index is 1.37. The molecule has 0 saturated carbocycles. The molecule has 0 spiro atoms. The Kier molecular flexibility index (Phi) is 7.19. The Morgan fingerprint density at radius 2 is 1.85 bits per heavy atom. The maximum atomic E-state index is 12.6. The van der Waals surface area contributed by atoms with Gasteiger partial charge in [0.1, 0.15) is 17.3 Å². The third kappa shape index (κ3) is 5.49. The van der Waals surface area contributed by atoms with Crippen molar-refractivity contribution in [1.82, 2.24) is 14.9 Å². The molecular weight excluding hydrogens is 416 g/mol. The molecule has 4 rings (SSSR count). The number of nitrogens with one attached hydrogen (secondary N) is 1. The van der Waals surface area contributed by atoms with E-state index >= 15 is 0 Å². The molecule has 7 nitrogen and oxygen atoms in total.